The summed E-state index contributed by atoms with van der Waals surface area (Å²) in [5.74, 6) is -1.06. The normalized spacial score (nSPS) is 14.1. The molecule has 10 nitrogen and oxygen atoms in total. The van der Waals surface area contributed by atoms with E-state index in [1.165, 1.54) is 23.0 Å². The zero-order chi connectivity index (χ0) is 18.7. The number of carbonyl (C=O) groups is 2. The van der Waals surface area contributed by atoms with Gasteiger partial charge in [-0.15, -0.1) is 5.10 Å². The Kier molecular flexibility index (Phi) is 5.14. The van der Waals surface area contributed by atoms with Gasteiger partial charge in [-0.1, -0.05) is 11.6 Å². The van der Waals surface area contributed by atoms with Crippen LogP contribution in [0.2, 0.25) is 5.02 Å². The summed E-state index contributed by atoms with van der Waals surface area (Å²) in [5, 5.41) is 23.3. The van der Waals surface area contributed by atoms with Crippen LogP contribution in [0, 0.1) is 0 Å². The van der Waals surface area contributed by atoms with Crippen molar-refractivity contribution in [2.75, 3.05) is 32.1 Å². The van der Waals surface area contributed by atoms with Crippen molar-refractivity contribution in [3.63, 3.8) is 0 Å². The lowest BCUT2D eigenvalue weighted by atomic mass is 10.2. The van der Waals surface area contributed by atoms with Crippen LogP contribution in [0.25, 0.3) is 5.69 Å². The van der Waals surface area contributed by atoms with Crippen molar-refractivity contribution >= 4 is 29.2 Å². The van der Waals surface area contributed by atoms with Gasteiger partial charge in [-0.2, -0.15) is 0 Å². The highest BCUT2D eigenvalue weighted by Crippen LogP contribution is 2.29. The third-order valence-corrected chi connectivity index (χ3v) is 4.11. The molecule has 0 aliphatic carbocycles. The molecule has 2 heterocycles. The fourth-order valence-corrected chi connectivity index (χ4v) is 2.68. The first-order valence-electron chi connectivity index (χ1n) is 7.56. The van der Waals surface area contributed by atoms with Crippen LogP contribution in [0.1, 0.15) is 0 Å². The fraction of sp³-hybridized carbons (Fsp3) is 0.267. The van der Waals surface area contributed by atoms with Crippen LogP contribution < -0.4 is 5.32 Å². The number of methoxy groups -OCH3 is 1. The van der Waals surface area contributed by atoms with Gasteiger partial charge in [0.15, 0.2) is 0 Å². The van der Waals surface area contributed by atoms with Gasteiger partial charge in [0.2, 0.25) is 0 Å². The van der Waals surface area contributed by atoms with E-state index in [2.05, 4.69) is 20.8 Å². The third kappa shape index (κ3) is 3.37. The highest BCUT2D eigenvalue weighted by atomic mass is 35.5. The Morgan fingerprint density at radius 1 is 1.46 bits per heavy atom. The van der Waals surface area contributed by atoms with E-state index in [1.807, 2.05) is 0 Å². The molecule has 11 heteroatoms. The molecule has 1 aromatic carbocycles. The fourth-order valence-electron chi connectivity index (χ4n) is 2.51. The van der Waals surface area contributed by atoms with Gasteiger partial charge in [0.25, 0.3) is 5.91 Å². The molecule has 26 heavy (non-hydrogen) atoms. The number of aliphatic hydroxyl groups excluding tert-OH is 1. The summed E-state index contributed by atoms with van der Waals surface area (Å²) in [4.78, 5) is 25.9. The Balaban J connectivity index is 1.96. The molecule has 1 aliphatic heterocycles. The van der Waals surface area contributed by atoms with Crippen LogP contribution in [0.5, 0.6) is 0 Å². The molecular formula is C15H15ClN6O4. The Hall–Kier alpha value is -2.98. The van der Waals surface area contributed by atoms with Crippen LogP contribution in [0.3, 0.4) is 0 Å². The number of anilines is 1. The molecule has 1 aromatic heterocycles. The number of carbonyl (C=O) groups excluding carboxylic acids is 2. The summed E-state index contributed by atoms with van der Waals surface area (Å²) < 4.78 is 6.17. The maximum absolute atomic E-state index is 12.6. The van der Waals surface area contributed by atoms with Gasteiger partial charge in [0, 0.05) is 6.54 Å². The third-order valence-electron chi connectivity index (χ3n) is 3.78. The van der Waals surface area contributed by atoms with Crippen molar-refractivity contribution in [3.05, 3.63) is 40.8 Å². The summed E-state index contributed by atoms with van der Waals surface area (Å²) in [6.45, 7) is -0.0787. The highest BCUT2D eigenvalue weighted by molar-refractivity contribution is 6.33. The lowest BCUT2D eigenvalue weighted by Crippen LogP contribution is -2.31. The minimum Gasteiger partial charge on any atom is -0.466 e. The zero-order valence-corrected chi connectivity index (χ0v) is 14.5. The van der Waals surface area contributed by atoms with Crippen LogP contribution in [-0.2, 0) is 14.3 Å². The molecule has 0 fully saturated rings. The van der Waals surface area contributed by atoms with Crippen molar-refractivity contribution in [3.8, 4) is 5.69 Å². The quantitative estimate of drug-likeness (QED) is 0.673. The van der Waals surface area contributed by atoms with E-state index in [0.29, 0.717) is 16.4 Å². The van der Waals surface area contributed by atoms with Crippen LogP contribution in [0.4, 0.5) is 5.69 Å². The first-order valence-corrected chi connectivity index (χ1v) is 7.94. The van der Waals surface area contributed by atoms with Crippen molar-refractivity contribution in [1.82, 2.24) is 25.1 Å². The Labute approximate surface area is 153 Å². The van der Waals surface area contributed by atoms with E-state index in [1.54, 1.807) is 18.2 Å². The number of ether oxygens (including phenoxy) is 1. The van der Waals surface area contributed by atoms with Crippen molar-refractivity contribution < 1.29 is 19.4 Å². The second kappa shape index (κ2) is 7.50. The minimum atomic E-state index is -0.631. The van der Waals surface area contributed by atoms with E-state index in [-0.39, 0.29) is 31.0 Å². The Morgan fingerprint density at radius 2 is 2.27 bits per heavy atom. The molecule has 1 aliphatic rings. The summed E-state index contributed by atoms with van der Waals surface area (Å²) >= 11 is 6.22. The van der Waals surface area contributed by atoms with Crippen molar-refractivity contribution in [2.24, 2.45) is 0 Å². The maximum Gasteiger partial charge on any atom is 0.337 e. The number of aromatic nitrogens is 4. The molecule has 136 valence electrons. The summed E-state index contributed by atoms with van der Waals surface area (Å²) in [6.07, 6.45) is 1.41. The number of hydrogen-bond donors (Lipinski definition) is 2. The molecule has 0 saturated carbocycles. The van der Waals surface area contributed by atoms with E-state index in [4.69, 9.17) is 21.4 Å². The van der Waals surface area contributed by atoms with E-state index < -0.39 is 11.9 Å². The average molecular weight is 379 g/mol. The van der Waals surface area contributed by atoms with Gasteiger partial charge in [-0.3, -0.25) is 4.79 Å². The largest absolute Gasteiger partial charge is 0.466 e. The predicted octanol–water partition coefficient (Wildman–Crippen LogP) is -0.0108. The van der Waals surface area contributed by atoms with Gasteiger partial charge < -0.3 is 20.1 Å². The number of aliphatic hydroxyl groups is 1. The summed E-state index contributed by atoms with van der Waals surface area (Å²) in [7, 11) is 1.23. The van der Waals surface area contributed by atoms with Gasteiger partial charge in [0.05, 0.1) is 42.2 Å². The van der Waals surface area contributed by atoms with Crippen molar-refractivity contribution in [2.45, 2.75) is 0 Å². The minimum absolute atomic E-state index is 0.0404. The number of tetrazole rings is 1. The van der Waals surface area contributed by atoms with Gasteiger partial charge in [-0.25, -0.2) is 9.48 Å². The molecule has 2 aromatic rings. The number of benzene rings is 1. The van der Waals surface area contributed by atoms with Gasteiger partial charge in [0.1, 0.15) is 12.0 Å². The van der Waals surface area contributed by atoms with Crippen LogP contribution in [0.15, 0.2) is 35.8 Å². The maximum atomic E-state index is 12.6. The Morgan fingerprint density at radius 3 is 2.92 bits per heavy atom. The van der Waals surface area contributed by atoms with E-state index in [0.717, 1.165) is 0 Å². The molecular weight excluding hydrogens is 364 g/mol. The average Bonchev–Trinajstić information content (AvgIpc) is 3.27. The number of esters is 1. The second-order valence-corrected chi connectivity index (χ2v) is 5.75. The van der Waals surface area contributed by atoms with E-state index >= 15 is 0 Å². The number of amides is 1. The molecule has 0 spiro atoms. The van der Waals surface area contributed by atoms with Crippen LogP contribution in [-0.4, -0.2) is 68.9 Å². The number of hydrogen-bond acceptors (Lipinski definition) is 8. The molecule has 0 bridgehead atoms. The Bertz CT molecular complexity index is 867. The predicted molar refractivity (Wildman–Crippen MR) is 90.5 cm³/mol. The SMILES string of the molecule is COC(=O)C1=C(Nc2cc(-n3cnnn3)ccc2Cl)C(=O)N(CCO)C1. The number of rotatable bonds is 6. The molecule has 0 radical (unpaired) electrons. The van der Waals surface area contributed by atoms with Gasteiger partial charge in [-0.05, 0) is 28.6 Å². The first kappa shape index (κ1) is 17.8. The standard InChI is InChI=1S/C15H15ClN6O4/c1-26-15(25)10-7-21(4-5-23)14(24)13(10)18-12-6-9(2-3-11(12)16)22-8-17-19-20-22/h2-3,6,8,18,23H,4-5,7H2,1H3. The van der Waals surface area contributed by atoms with Crippen LogP contribution >= 0.6 is 11.6 Å². The lowest BCUT2D eigenvalue weighted by molar-refractivity contribution is -0.136. The number of nitrogens with one attached hydrogen (secondary N) is 1. The molecule has 0 atom stereocenters. The molecule has 0 saturated heterocycles. The number of β-amino-alcohol motifs (C(OH)–C–C–N with tert-alkyl or cyclic N) is 1. The highest BCUT2D eigenvalue weighted by Gasteiger charge is 2.34. The topological polar surface area (TPSA) is 122 Å². The molecule has 3 rings (SSSR count). The monoisotopic (exact) mass is 378 g/mol. The van der Waals surface area contributed by atoms with Crippen molar-refractivity contribution in [1.29, 1.82) is 0 Å². The second-order valence-electron chi connectivity index (χ2n) is 5.34. The zero-order valence-electron chi connectivity index (χ0n) is 13.7. The number of halogens is 1. The molecule has 2 N–H and O–H groups in total. The summed E-state index contributed by atoms with van der Waals surface area (Å²) in [5.41, 5.74) is 1.23. The molecule has 1 amide bonds. The molecule has 0 unspecified atom stereocenters. The van der Waals surface area contributed by atoms with Gasteiger partial charge >= 0.3 is 5.97 Å². The van der Waals surface area contributed by atoms with E-state index in [9.17, 15) is 9.59 Å². The summed E-state index contributed by atoms with van der Waals surface area (Å²) in [6, 6.07) is 4.96. The lowest BCUT2D eigenvalue weighted by Gasteiger charge is -2.15. The smallest absolute Gasteiger partial charge is 0.337 e. The number of nitrogens with zero attached hydrogens (tertiary/aromatic N) is 5. The first-order chi connectivity index (χ1) is 12.5.